The van der Waals surface area contributed by atoms with Crippen molar-refractivity contribution in [1.29, 1.82) is 0 Å². The third-order valence-electron chi connectivity index (χ3n) is 14.4. The summed E-state index contributed by atoms with van der Waals surface area (Å²) in [7, 11) is 0. The van der Waals surface area contributed by atoms with Crippen molar-refractivity contribution in [2.24, 2.45) is 9.98 Å². The quantitative estimate of drug-likeness (QED) is 0.0359. The summed E-state index contributed by atoms with van der Waals surface area (Å²) in [5, 5.41) is 0. The van der Waals surface area contributed by atoms with Crippen molar-refractivity contribution in [2.75, 3.05) is 0 Å². The zero-order chi connectivity index (χ0) is 51.3. The molecule has 0 N–H and O–H groups in total. The molecule has 0 aliphatic heterocycles. The first-order chi connectivity index (χ1) is 35.7. The molecule has 402 valence electrons. The summed E-state index contributed by atoms with van der Waals surface area (Å²) < 4.78 is 0. The predicted molar refractivity (Wildman–Crippen MR) is 324 cm³/mol. The SMILES string of the molecule is CCCCCC#CC(=Nc1cccc(C#CCCCCCCCCCC)c1)C(CCCCCCCCCCCCCCCCCCCCCCCCC)=Nc1cccc(C#CCCCCCCCCCC)c1. The maximum absolute atomic E-state index is 5.37. The van der Waals surface area contributed by atoms with E-state index in [0.29, 0.717) is 0 Å². The van der Waals surface area contributed by atoms with Gasteiger partial charge in [0, 0.05) is 30.4 Å². The summed E-state index contributed by atoms with van der Waals surface area (Å²) in [4.78, 5) is 10.7. The largest absolute Gasteiger partial charge is 0.250 e. The molecule has 2 rings (SSSR count). The van der Waals surface area contributed by atoms with Gasteiger partial charge in [0.1, 0.15) is 5.71 Å². The highest BCUT2D eigenvalue weighted by Crippen LogP contribution is 2.21. The van der Waals surface area contributed by atoms with Gasteiger partial charge in [-0.25, -0.2) is 4.99 Å². The molecule has 2 aromatic carbocycles. The smallest absolute Gasteiger partial charge is 0.135 e. The topological polar surface area (TPSA) is 24.7 Å². The van der Waals surface area contributed by atoms with Gasteiger partial charge in [-0.15, -0.1) is 0 Å². The third kappa shape index (κ3) is 39.9. The van der Waals surface area contributed by atoms with Crippen LogP contribution in [0, 0.1) is 35.5 Å². The molecule has 0 unspecified atom stereocenters. The maximum atomic E-state index is 5.37. The molecule has 72 heavy (non-hydrogen) atoms. The average molecular weight is 982 g/mol. The number of unbranched alkanes of at least 4 members (excludes halogenated alkanes) is 41. The molecule has 0 aliphatic carbocycles. The average Bonchev–Trinajstić information content (AvgIpc) is 3.39. The standard InChI is InChI=1S/C70H112N2/c1-5-9-13-17-20-23-26-27-28-29-30-31-32-33-34-35-36-37-38-41-44-48-52-62-70(72-68-60-54-58-66(64-68)56-50-47-43-40-25-22-19-15-11-7-3)69(61-51-45-16-12-8-4)71-67-59-53-57-65(63-67)55-49-46-42-39-24-21-18-14-10-6-2/h53-54,57-60,63-64H,5-48,52,62H2,1-4H3. The van der Waals surface area contributed by atoms with Crippen molar-refractivity contribution in [3.63, 3.8) is 0 Å². The van der Waals surface area contributed by atoms with Crippen LogP contribution in [0.25, 0.3) is 0 Å². The number of rotatable bonds is 46. The minimum atomic E-state index is 0.806. The molecule has 0 fully saturated rings. The number of aliphatic imine (C=N–C) groups is 2. The van der Waals surface area contributed by atoms with Gasteiger partial charge in [-0.1, -0.05) is 313 Å². The summed E-state index contributed by atoms with van der Waals surface area (Å²) in [6.45, 7) is 9.14. The summed E-state index contributed by atoms with van der Waals surface area (Å²) in [5.74, 6) is 20.9. The van der Waals surface area contributed by atoms with Crippen molar-refractivity contribution in [3.05, 3.63) is 59.7 Å². The summed E-state index contributed by atoms with van der Waals surface area (Å²) >= 11 is 0. The van der Waals surface area contributed by atoms with Crippen LogP contribution >= 0.6 is 0 Å². The maximum Gasteiger partial charge on any atom is 0.135 e. The highest BCUT2D eigenvalue weighted by Gasteiger charge is 2.10. The van der Waals surface area contributed by atoms with Crippen LogP contribution in [0.5, 0.6) is 0 Å². The van der Waals surface area contributed by atoms with Crippen LogP contribution in [0.3, 0.4) is 0 Å². The van der Waals surface area contributed by atoms with Gasteiger partial charge < -0.3 is 0 Å². The van der Waals surface area contributed by atoms with Crippen LogP contribution in [0.1, 0.15) is 334 Å². The summed E-state index contributed by atoms with van der Waals surface area (Å²) in [6.07, 6.45) is 60.6. The van der Waals surface area contributed by atoms with Gasteiger partial charge in [0.05, 0.1) is 17.1 Å². The lowest BCUT2D eigenvalue weighted by Gasteiger charge is -2.08. The highest BCUT2D eigenvalue weighted by atomic mass is 14.8. The lowest BCUT2D eigenvalue weighted by molar-refractivity contribution is 0.518. The van der Waals surface area contributed by atoms with Gasteiger partial charge in [0.2, 0.25) is 0 Å². The van der Waals surface area contributed by atoms with Gasteiger partial charge >= 0.3 is 0 Å². The Morgan fingerprint density at radius 3 is 0.986 bits per heavy atom. The Labute approximate surface area is 448 Å². The Kier molecular flexibility index (Phi) is 45.7. The molecule has 2 aromatic rings. The molecule has 0 saturated carbocycles. The predicted octanol–water partition coefficient (Wildman–Crippen LogP) is 23.3. The Balaban J connectivity index is 2.00. The van der Waals surface area contributed by atoms with E-state index in [0.717, 1.165) is 72.4 Å². The second-order valence-electron chi connectivity index (χ2n) is 21.5. The van der Waals surface area contributed by atoms with Crippen LogP contribution in [-0.4, -0.2) is 11.4 Å². The van der Waals surface area contributed by atoms with Gasteiger partial charge in [-0.3, -0.25) is 4.99 Å². The molecule has 0 bridgehead atoms. The Hall–Kier alpha value is -3.54. The van der Waals surface area contributed by atoms with E-state index in [1.54, 1.807) is 0 Å². The third-order valence-corrected chi connectivity index (χ3v) is 14.4. The van der Waals surface area contributed by atoms with Crippen LogP contribution in [0.4, 0.5) is 11.4 Å². The Morgan fingerprint density at radius 1 is 0.319 bits per heavy atom. The molecule has 0 aromatic heterocycles. The van der Waals surface area contributed by atoms with Crippen molar-refractivity contribution in [3.8, 4) is 35.5 Å². The fourth-order valence-electron chi connectivity index (χ4n) is 9.69. The van der Waals surface area contributed by atoms with E-state index in [4.69, 9.17) is 9.98 Å². The molecule has 2 nitrogen and oxygen atoms in total. The van der Waals surface area contributed by atoms with Crippen LogP contribution < -0.4 is 0 Å². The van der Waals surface area contributed by atoms with Crippen molar-refractivity contribution in [2.45, 2.75) is 323 Å². The summed E-state index contributed by atoms with van der Waals surface area (Å²) in [5.41, 5.74) is 5.72. The van der Waals surface area contributed by atoms with Gasteiger partial charge in [-0.2, -0.15) is 0 Å². The zero-order valence-electron chi connectivity index (χ0n) is 48.0. The lowest BCUT2D eigenvalue weighted by atomic mass is 10.0. The number of benzene rings is 2. The van der Waals surface area contributed by atoms with E-state index in [2.05, 4.69) is 112 Å². The van der Waals surface area contributed by atoms with Crippen LogP contribution in [-0.2, 0) is 0 Å². The zero-order valence-corrected chi connectivity index (χ0v) is 48.0. The van der Waals surface area contributed by atoms with Crippen LogP contribution in [0.2, 0.25) is 0 Å². The normalized spacial score (nSPS) is 11.5. The van der Waals surface area contributed by atoms with Crippen molar-refractivity contribution in [1.82, 2.24) is 0 Å². The van der Waals surface area contributed by atoms with Gasteiger partial charge in [0.25, 0.3) is 0 Å². The Morgan fingerprint density at radius 2 is 0.611 bits per heavy atom. The fraction of sp³-hybridized carbons (Fsp3) is 0.714. The van der Waals surface area contributed by atoms with E-state index >= 15 is 0 Å². The number of hydrogen-bond donors (Lipinski definition) is 0. The highest BCUT2D eigenvalue weighted by molar-refractivity contribution is 6.49. The van der Waals surface area contributed by atoms with Crippen molar-refractivity contribution >= 4 is 22.8 Å². The van der Waals surface area contributed by atoms with Crippen LogP contribution in [0.15, 0.2) is 58.5 Å². The minimum absolute atomic E-state index is 0.806. The number of hydrogen-bond acceptors (Lipinski definition) is 2. The van der Waals surface area contributed by atoms with Gasteiger partial charge in [-0.05, 0) is 74.4 Å². The molecule has 2 heteroatoms. The molecule has 0 amide bonds. The molecular weight excluding hydrogens is 869 g/mol. The van der Waals surface area contributed by atoms with E-state index in [1.165, 1.54) is 257 Å². The van der Waals surface area contributed by atoms with E-state index in [-0.39, 0.29) is 0 Å². The molecule has 0 spiro atoms. The molecule has 0 heterocycles. The molecule has 0 radical (unpaired) electrons. The molecule has 0 aliphatic rings. The van der Waals surface area contributed by atoms with E-state index in [9.17, 15) is 0 Å². The molecule has 0 atom stereocenters. The number of nitrogens with zero attached hydrogens (tertiary/aromatic N) is 2. The molecule has 0 saturated heterocycles. The Bertz CT molecular complexity index is 1790. The minimum Gasteiger partial charge on any atom is -0.250 e. The first-order valence-electron chi connectivity index (χ1n) is 31.5. The fourth-order valence-corrected chi connectivity index (χ4v) is 9.69. The van der Waals surface area contributed by atoms with E-state index < -0.39 is 0 Å². The van der Waals surface area contributed by atoms with Gasteiger partial charge in [0.15, 0.2) is 0 Å². The monoisotopic (exact) mass is 981 g/mol. The van der Waals surface area contributed by atoms with Crippen molar-refractivity contribution < 1.29 is 0 Å². The first kappa shape index (κ1) is 64.6. The second kappa shape index (κ2) is 51.0. The first-order valence-corrected chi connectivity index (χ1v) is 31.5. The lowest BCUT2D eigenvalue weighted by Crippen LogP contribution is -2.12. The second-order valence-corrected chi connectivity index (χ2v) is 21.5. The summed E-state index contributed by atoms with van der Waals surface area (Å²) in [6, 6.07) is 17.0. The molecular formula is C70H112N2. The van der Waals surface area contributed by atoms with E-state index in [1.807, 2.05) is 0 Å².